The predicted molar refractivity (Wildman–Crippen MR) is 142 cm³/mol. The molecule has 0 aliphatic heterocycles. The maximum absolute atomic E-state index is 17.2. The second-order valence-corrected chi connectivity index (χ2v) is 12.3. The van der Waals surface area contributed by atoms with Gasteiger partial charge in [0.2, 0.25) is 11.7 Å². The van der Waals surface area contributed by atoms with Crippen LogP contribution in [0.3, 0.4) is 0 Å². The fraction of sp³-hybridized carbons (Fsp3) is 0.714. The summed E-state index contributed by atoms with van der Waals surface area (Å²) in [4.78, 5) is 64.3. The number of halogens is 1. The molecule has 4 rings (SSSR count). The summed E-state index contributed by atoms with van der Waals surface area (Å²) in [6, 6.07) is -1.59. The molecule has 0 saturated heterocycles. The van der Waals surface area contributed by atoms with Gasteiger partial charge in [0, 0.05) is 23.2 Å². The predicted octanol–water partition coefficient (Wildman–Crippen LogP) is -0.363. The summed E-state index contributed by atoms with van der Waals surface area (Å²) in [5, 5.41) is 55.0. The van der Waals surface area contributed by atoms with Crippen molar-refractivity contribution < 1.29 is 58.7 Å². The molecule has 1 unspecified atom stereocenters. The van der Waals surface area contributed by atoms with Crippen molar-refractivity contribution in [1.29, 1.82) is 0 Å². The highest BCUT2D eigenvalue weighted by molar-refractivity contribution is 6.01. The average molecular weight is 613 g/mol. The number of hydrogen-bond acceptors (Lipinski definition) is 12. The number of allylic oxidation sites excluding steroid dienone is 4. The van der Waals surface area contributed by atoms with E-state index < -0.39 is 94.6 Å². The van der Waals surface area contributed by atoms with Crippen LogP contribution in [0.25, 0.3) is 0 Å². The van der Waals surface area contributed by atoms with Gasteiger partial charge in [-0.1, -0.05) is 18.6 Å². The number of nitrogens with one attached hydrogen (secondary N) is 1. The summed E-state index contributed by atoms with van der Waals surface area (Å²) < 4.78 is 22.2. The molecule has 0 heterocycles. The molecule has 0 bridgehead atoms. The second kappa shape index (κ2) is 11.7. The lowest BCUT2D eigenvalue weighted by molar-refractivity contribution is -0.757. The molecular formula is C28H37FN2O12. The highest BCUT2D eigenvalue weighted by Gasteiger charge is 2.76. The molecule has 1 amide bonds. The molecule has 3 saturated carbocycles. The molecule has 9 atom stereocenters. The van der Waals surface area contributed by atoms with Crippen molar-refractivity contribution in [2.75, 3.05) is 19.8 Å². The van der Waals surface area contributed by atoms with Crippen LogP contribution in [0.1, 0.15) is 52.4 Å². The normalized spacial score (nSPS) is 38.6. The van der Waals surface area contributed by atoms with E-state index in [1.165, 1.54) is 25.2 Å². The molecule has 14 nitrogen and oxygen atoms in total. The van der Waals surface area contributed by atoms with E-state index in [1.54, 1.807) is 6.92 Å². The van der Waals surface area contributed by atoms with E-state index in [2.05, 4.69) is 10.2 Å². The standard InChI is InChI=1S/C28H37FN2O12/c1-25-8-7-16(33)10-15(25)5-6-17-18-11-20(34)28(39,26(18,2)12-21(35)27(17,25)29)22(36)14-42-24(38)19(13-32)30-23(37)4-3-9-43-31(40)41/h7-8,10,17-21,32,34-35,39H,3-6,9,11-14H2,1-2H3,(H,30,37)/t17-,18-,19?,20+,21-,25-,26-,27-,28-/m0/s1. The van der Waals surface area contributed by atoms with Crippen molar-refractivity contribution >= 4 is 23.4 Å². The number of aliphatic hydroxyl groups excluding tert-OH is 3. The van der Waals surface area contributed by atoms with Gasteiger partial charge >= 0.3 is 5.97 Å². The molecule has 0 aromatic rings. The van der Waals surface area contributed by atoms with Gasteiger partial charge in [-0.25, -0.2) is 9.18 Å². The van der Waals surface area contributed by atoms with Crippen molar-refractivity contribution in [2.24, 2.45) is 22.7 Å². The lowest BCUT2D eigenvalue weighted by atomic mass is 9.44. The van der Waals surface area contributed by atoms with Crippen LogP contribution in [0.5, 0.6) is 0 Å². The number of esters is 1. The van der Waals surface area contributed by atoms with Gasteiger partial charge < -0.3 is 35.3 Å². The van der Waals surface area contributed by atoms with Gasteiger partial charge in [0.1, 0.15) is 0 Å². The smallest absolute Gasteiger partial charge is 0.331 e. The molecule has 0 spiro atoms. The maximum atomic E-state index is 17.2. The van der Waals surface area contributed by atoms with Gasteiger partial charge in [-0.3, -0.25) is 14.4 Å². The molecule has 0 aromatic heterocycles. The van der Waals surface area contributed by atoms with E-state index in [9.17, 15) is 49.7 Å². The van der Waals surface area contributed by atoms with Gasteiger partial charge in [0.15, 0.2) is 29.7 Å². The maximum Gasteiger partial charge on any atom is 0.331 e. The SMILES string of the molecule is C[C@]12C=CC(=O)C=C1CC[C@H]1[C@@H]3C[C@@H](O)[C@](O)(C(=O)COC(=O)C(CO)NC(=O)CCCO[N+](=O)[O-])[C@@]3(C)C[C@H](O)[C@@]12F. The average Bonchev–Trinajstić information content (AvgIpc) is 3.15. The van der Waals surface area contributed by atoms with Crippen LogP contribution in [-0.2, 0) is 28.8 Å². The number of amides is 1. The van der Waals surface area contributed by atoms with E-state index >= 15 is 4.39 Å². The van der Waals surface area contributed by atoms with Crippen molar-refractivity contribution in [1.82, 2.24) is 5.32 Å². The number of ketones is 2. The van der Waals surface area contributed by atoms with E-state index in [1.807, 2.05) is 0 Å². The van der Waals surface area contributed by atoms with Gasteiger partial charge in [-0.15, -0.1) is 10.1 Å². The first-order valence-electron chi connectivity index (χ1n) is 14.1. The van der Waals surface area contributed by atoms with Gasteiger partial charge in [-0.2, -0.15) is 0 Å². The highest BCUT2D eigenvalue weighted by atomic mass is 19.1. The Bertz CT molecular complexity index is 1260. The number of carbonyl (C=O) groups is 4. The number of hydrogen-bond donors (Lipinski definition) is 5. The van der Waals surface area contributed by atoms with Crippen LogP contribution in [0.4, 0.5) is 4.39 Å². The molecule has 5 N–H and O–H groups in total. The monoisotopic (exact) mass is 612 g/mol. The Hall–Kier alpha value is -3.27. The van der Waals surface area contributed by atoms with E-state index in [4.69, 9.17) is 4.74 Å². The number of rotatable bonds is 11. The Morgan fingerprint density at radius 2 is 1.93 bits per heavy atom. The lowest BCUT2D eigenvalue weighted by Crippen LogP contribution is -2.69. The van der Waals surface area contributed by atoms with Crippen LogP contribution < -0.4 is 5.32 Å². The minimum absolute atomic E-state index is 0.0542. The first-order valence-corrected chi connectivity index (χ1v) is 14.1. The largest absolute Gasteiger partial charge is 0.456 e. The Morgan fingerprint density at radius 1 is 1.23 bits per heavy atom. The van der Waals surface area contributed by atoms with Crippen molar-refractivity contribution in [3.8, 4) is 0 Å². The number of aliphatic hydroxyl groups is 4. The lowest BCUT2D eigenvalue weighted by Gasteiger charge is -2.62. The Kier molecular flexibility index (Phi) is 8.86. The molecule has 3 fully saturated rings. The van der Waals surface area contributed by atoms with Crippen molar-refractivity contribution in [2.45, 2.75) is 81.9 Å². The Balaban J connectivity index is 1.46. The molecule has 4 aliphatic carbocycles. The first-order chi connectivity index (χ1) is 20.1. The minimum atomic E-state index is -2.52. The van der Waals surface area contributed by atoms with Crippen molar-refractivity contribution in [3.05, 3.63) is 33.9 Å². The van der Waals surface area contributed by atoms with E-state index in [0.29, 0.717) is 12.0 Å². The van der Waals surface area contributed by atoms with Crippen LogP contribution in [0.2, 0.25) is 0 Å². The van der Waals surface area contributed by atoms with Crippen LogP contribution in [0.15, 0.2) is 23.8 Å². The van der Waals surface area contributed by atoms with Gasteiger partial charge in [0.25, 0.3) is 5.09 Å². The molecule has 15 heteroatoms. The van der Waals surface area contributed by atoms with Gasteiger partial charge in [0.05, 0.1) is 25.4 Å². The third-order valence-corrected chi connectivity index (χ3v) is 10.2. The summed E-state index contributed by atoms with van der Waals surface area (Å²) in [5.74, 6) is -4.98. The third kappa shape index (κ3) is 5.15. The summed E-state index contributed by atoms with van der Waals surface area (Å²) in [6.45, 7) is 0.784. The molecule has 0 aromatic carbocycles. The van der Waals surface area contributed by atoms with E-state index in [-0.39, 0.29) is 38.1 Å². The summed E-state index contributed by atoms with van der Waals surface area (Å²) in [7, 11) is 0. The number of nitrogens with zero attached hydrogens (tertiary/aromatic N) is 1. The first kappa shape index (κ1) is 32.6. The van der Waals surface area contributed by atoms with Crippen LogP contribution in [0, 0.1) is 32.8 Å². The molecule has 43 heavy (non-hydrogen) atoms. The fourth-order valence-electron chi connectivity index (χ4n) is 7.89. The summed E-state index contributed by atoms with van der Waals surface area (Å²) >= 11 is 0. The Labute approximate surface area is 246 Å². The Morgan fingerprint density at radius 3 is 2.58 bits per heavy atom. The molecule has 238 valence electrons. The number of alkyl halides is 1. The second-order valence-electron chi connectivity index (χ2n) is 12.3. The quantitative estimate of drug-likeness (QED) is 0.0873. The zero-order valence-corrected chi connectivity index (χ0v) is 23.9. The van der Waals surface area contributed by atoms with Crippen molar-refractivity contribution in [3.63, 3.8) is 0 Å². The fourth-order valence-corrected chi connectivity index (χ4v) is 7.89. The minimum Gasteiger partial charge on any atom is -0.456 e. The zero-order chi connectivity index (χ0) is 32.0. The zero-order valence-electron chi connectivity index (χ0n) is 23.9. The number of Topliss-reactive ketones (excluding diaryl/α,β-unsaturated/α-hetero) is 1. The van der Waals surface area contributed by atoms with E-state index in [0.717, 1.165) is 0 Å². The van der Waals surface area contributed by atoms with Crippen LogP contribution in [-0.4, -0.2) is 98.3 Å². The molecule has 4 aliphatic rings. The molecular weight excluding hydrogens is 575 g/mol. The number of ether oxygens (including phenoxy) is 1. The number of fused-ring (bicyclic) bond motifs is 5. The number of carbonyl (C=O) groups excluding carboxylic acids is 4. The topological polar surface area (TPSA) is 223 Å². The summed E-state index contributed by atoms with van der Waals surface area (Å²) in [5.41, 5.74) is -7.05. The summed E-state index contributed by atoms with van der Waals surface area (Å²) in [6.07, 6.45) is 0.403. The third-order valence-electron chi connectivity index (χ3n) is 10.2. The van der Waals surface area contributed by atoms with Crippen LogP contribution >= 0.6 is 0 Å². The highest BCUT2D eigenvalue weighted by Crippen LogP contribution is 2.69. The van der Waals surface area contributed by atoms with Gasteiger partial charge in [-0.05, 0) is 57.1 Å². The molecule has 0 radical (unpaired) electrons.